The summed E-state index contributed by atoms with van der Waals surface area (Å²) in [4.78, 5) is 14.6. The van der Waals surface area contributed by atoms with Gasteiger partial charge in [-0.05, 0) is 42.0 Å². The lowest BCUT2D eigenvalue weighted by Gasteiger charge is -2.14. The van der Waals surface area contributed by atoms with Gasteiger partial charge in [-0.3, -0.25) is 9.69 Å². The second-order valence-electron chi connectivity index (χ2n) is 4.93. The maximum atomic E-state index is 12.7. The molecule has 2 aromatic carbocycles. The third kappa shape index (κ3) is 3.26. The number of rotatable bonds is 3. The molecule has 3 rings (SSSR count). The molecule has 0 aromatic heterocycles. The molecule has 24 heavy (non-hydrogen) atoms. The van der Waals surface area contributed by atoms with Crippen molar-refractivity contribution in [2.45, 2.75) is 0 Å². The highest BCUT2D eigenvalue weighted by molar-refractivity contribution is 8.27. The summed E-state index contributed by atoms with van der Waals surface area (Å²) >= 11 is 12.5. The Morgan fingerprint density at radius 1 is 1.29 bits per heavy atom. The number of hydrogen-bond acceptors (Lipinski definition) is 5. The molecule has 1 amide bonds. The normalized spacial score (nSPS) is 16.1. The molecule has 7 heteroatoms. The van der Waals surface area contributed by atoms with E-state index in [4.69, 9.17) is 28.6 Å². The summed E-state index contributed by atoms with van der Waals surface area (Å²) < 4.78 is 5.52. The number of carbonyl (C=O) groups excluding carboxylic acids is 1. The van der Waals surface area contributed by atoms with Gasteiger partial charge in [-0.15, -0.1) is 0 Å². The standard InChI is InChI=1S/C17H12ClNO3S2/c1-22-14-7-10(5-6-13(14)20)8-15-16(21)19(17(23)24-15)12-4-2-3-11(18)9-12/h2-9,20H,1H3/b15-8+. The van der Waals surface area contributed by atoms with E-state index >= 15 is 0 Å². The number of aromatic hydroxyl groups is 1. The van der Waals surface area contributed by atoms with Crippen LogP contribution in [0.5, 0.6) is 11.5 Å². The van der Waals surface area contributed by atoms with Crippen molar-refractivity contribution in [3.63, 3.8) is 0 Å². The number of phenolic OH excluding ortho intramolecular Hbond substituents is 1. The Morgan fingerprint density at radius 3 is 2.79 bits per heavy atom. The van der Waals surface area contributed by atoms with Gasteiger partial charge in [0.2, 0.25) is 0 Å². The lowest BCUT2D eigenvalue weighted by molar-refractivity contribution is -0.113. The first-order chi connectivity index (χ1) is 11.5. The van der Waals surface area contributed by atoms with Gasteiger partial charge in [0.1, 0.15) is 0 Å². The highest BCUT2D eigenvalue weighted by Gasteiger charge is 2.33. The Morgan fingerprint density at radius 2 is 2.08 bits per heavy atom. The Labute approximate surface area is 153 Å². The Kier molecular flexibility index (Phi) is 4.80. The first kappa shape index (κ1) is 16.8. The first-order valence-corrected chi connectivity index (χ1v) is 8.50. The van der Waals surface area contributed by atoms with Crippen LogP contribution in [0, 0.1) is 0 Å². The minimum absolute atomic E-state index is 0.0427. The largest absolute Gasteiger partial charge is 0.504 e. The number of carbonyl (C=O) groups is 1. The van der Waals surface area contributed by atoms with E-state index in [1.165, 1.54) is 29.8 Å². The van der Waals surface area contributed by atoms with Gasteiger partial charge in [-0.2, -0.15) is 0 Å². The van der Waals surface area contributed by atoms with Crippen LogP contribution in [0.2, 0.25) is 5.02 Å². The minimum Gasteiger partial charge on any atom is -0.504 e. The van der Waals surface area contributed by atoms with Crippen LogP contribution in [0.15, 0.2) is 47.4 Å². The van der Waals surface area contributed by atoms with Gasteiger partial charge in [-0.25, -0.2) is 0 Å². The molecule has 0 saturated carbocycles. The number of hydrogen-bond donors (Lipinski definition) is 1. The van der Waals surface area contributed by atoms with Crippen LogP contribution in [0.3, 0.4) is 0 Å². The van der Waals surface area contributed by atoms with E-state index in [-0.39, 0.29) is 11.7 Å². The number of amides is 1. The van der Waals surface area contributed by atoms with E-state index in [0.717, 1.165) is 5.56 Å². The molecule has 1 aliphatic rings. The molecule has 1 heterocycles. The van der Waals surface area contributed by atoms with Crippen molar-refractivity contribution in [1.82, 2.24) is 0 Å². The average Bonchev–Trinajstić information content (AvgIpc) is 2.83. The number of ether oxygens (including phenoxy) is 1. The minimum atomic E-state index is -0.209. The third-order valence-corrected chi connectivity index (χ3v) is 4.90. The summed E-state index contributed by atoms with van der Waals surface area (Å²) in [5.41, 5.74) is 1.37. The van der Waals surface area contributed by atoms with Crippen LogP contribution < -0.4 is 9.64 Å². The zero-order valence-electron chi connectivity index (χ0n) is 12.5. The topological polar surface area (TPSA) is 49.8 Å². The van der Waals surface area contributed by atoms with E-state index in [1.807, 2.05) is 0 Å². The van der Waals surface area contributed by atoms with Crippen molar-refractivity contribution in [1.29, 1.82) is 0 Å². The Bertz CT molecular complexity index is 867. The first-order valence-electron chi connectivity index (χ1n) is 6.90. The number of phenols is 1. The fraction of sp³-hybridized carbons (Fsp3) is 0.0588. The smallest absolute Gasteiger partial charge is 0.270 e. The van der Waals surface area contributed by atoms with Crippen LogP contribution in [-0.2, 0) is 4.79 Å². The van der Waals surface area contributed by atoms with Gasteiger partial charge in [0.05, 0.1) is 17.7 Å². The number of anilines is 1. The molecule has 0 aliphatic carbocycles. The van der Waals surface area contributed by atoms with E-state index in [2.05, 4.69) is 0 Å². The van der Waals surface area contributed by atoms with Gasteiger partial charge in [0.15, 0.2) is 15.8 Å². The average molecular weight is 378 g/mol. The molecule has 1 saturated heterocycles. The quantitative estimate of drug-likeness (QED) is 0.632. The van der Waals surface area contributed by atoms with Gasteiger partial charge in [0, 0.05) is 5.02 Å². The molecule has 0 radical (unpaired) electrons. The van der Waals surface area contributed by atoms with E-state index in [0.29, 0.717) is 25.7 Å². The van der Waals surface area contributed by atoms with Crippen molar-refractivity contribution in [3.8, 4) is 11.5 Å². The summed E-state index contributed by atoms with van der Waals surface area (Å²) in [6.45, 7) is 0. The fourth-order valence-corrected chi connectivity index (χ4v) is 3.72. The molecule has 2 aromatic rings. The van der Waals surface area contributed by atoms with Crippen molar-refractivity contribution in [2.24, 2.45) is 0 Å². The molecule has 0 unspecified atom stereocenters. The predicted molar refractivity (Wildman–Crippen MR) is 102 cm³/mol. The van der Waals surface area contributed by atoms with E-state index < -0.39 is 0 Å². The second kappa shape index (κ2) is 6.84. The zero-order valence-corrected chi connectivity index (χ0v) is 14.9. The van der Waals surface area contributed by atoms with Crippen molar-refractivity contribution in [2.75, 3.05) is 12.0 Å². The lowest BCUT2D eigenvalue weighted by atomic mass is 10.2. The molecule has 0 bridgehead atoms. The lowest BCUT2D eigenvalue weighted by Crippen LogP contribution is -2.27. The Hall–Kier alpha value is -2.02. The summed E-state index contributed by atoms with van der Waals surface area (Å²) in [5, 5.41) is 10.2. The van der Waals surface area contributed by atoms with Crippen molar-refractivity contribution < 1.29 is 14.6 Å². The molecule has 1 aliphatic heterocycles. The molecule has 0 spiro atoms. The van der Waals surface area contributed by atoms with Crippen LogP contribution in [0.4, 0.5) is 5.69 Å². The molecular weight excluding hydrogens is 366 g/mol. The summed E-state index contributed by atoms with van der Waals surface area (Å²) in [6.07, 6.45) is 1.71. The SMILES string of the molecule is COc1cc(/C=C2/SC(=S)N(c3cccc(Cl)c3)C2=O)ccc1O. The maximum Gasteiger partial charge on any atom is 0.270 e. The van der Waals surface area contributed by atoms with Crippen LogP contribution >= 0.6 is 35.6 Å². The number of thiocarbonyl (C=S) groups is 1. The zero-order chi connectivity index (χ0) is 17.3. The van der Waals surface area contributed by atoms with E-state index in [1.54, 1.807) is 42.5 Å². The molecule has 4 nitrogen and oxygen atoms in total. The Balaban J connectivity index is 1.94. The highest BCUT2D eigenvalue weighted by atomic mass is 35.5. The summed E-state index contributed by atoms with van der Waals surface area (Å²) in [5.74, 6) is 0.175. The molecule has 1 fully saturated rings. The van der Waals surface area contributed by atoms with Crippen LogP contribution in [0.25, 0.3) is 6.08 Å². The number of benzene rings is 2. The molecule has 122 valence electrons. The van der Waals surface area contributed by atoms with E-state index in [9.17, 15) is 9.90 Å². The summed E-state index contributed by atoms with van der Waals surface area (Å²) in [6, 6.07) is 11.8. The van der Waals surface area contributed by atoms with Gasteiger partial charge < -0.3 is 9.84 Å². The second-order valence-corrected chi connectivity index (χ2v) is 7.04. The number of nitrogens with zero attached hydrogens (tertiary/aromatic N) is 1. The third-order valence-electron chi connectivity index (χ3n) is 3.36. The highest BCUT2D eigenvalue weighted by Crippen LogP contribution is 2.37. The van der Waals surface area contributed by atoms with Gasteiger partial charge >= 0.3 is 0 Å². The number of methoxy groups -OCH3 is 1. The predicted octanol–water partition coefficient (Wildman–Crippen LogP) is 4.46. The molecule has 0 atom stereocenters. The molecular formula is C17H12ClNO3S2. The monoisotopic (exact) mass is 377 g/mol. The fourth-order valence-electron chi connectivity index (χ4n) is 2.24. The van der Waals surface area contributed by atoms with Crippen molar-refractivity contribution in [3.05, 3.63) is 58.0 Å². The number of halogens is 1. The van der Waals surface area contributed by atoms with Crippen molar-refractivity contribution >= 4 is 57.6 Å². The number of thioether (sulfide) groups is 1. The maximum absolute atomic E-state index is 12.7. The van der Waals surface area contributed by atoms with Gasteiger partial charge in [-0.1, -0.05) is 47.7 Å². The van der Waals surface area contributed by atoms with Gasteiger partial charge in [0.25, 0.3) is 5.91 Å². The molecule has 1 N–H and O–H groups in total. The van der Waals surface area contributed by atoms with Crippen LogP contribution in [0.1, 0.15) is 5.56 Å². The van der Waals surface area contributed by atoms with Crippen LogP contribution in [-0.4, -0.2) is 22.4 Å². The summed E-state index contributed by atoms with van der Waals surface area (Å²) in [7, 11) is 1.47.